The van der Waals surface area contributed by atoms with Gasteiger partial charge in [0.25, 0.3) is 0 Å². The Hall–Kier alpha value is -1.67. The van der Waals surface area contributed by atoms with E-state index in [1.54, 1.807) is 0 Å². The van der Waals surface area contributed by atoms with E-state index < -0.39 is 21.8 Å². The second-order valence-corrected chi connectivity index (χ2v) is 4.20. The van der Waals surface area contributed by atoms with E-state index in [9.17, 15) is 18.0 Å². The molecule has 7 nitrogen and oxygen atoms in total. The smallest absolute Gasteiger partial charge is 0.243 e. The largest absolute Gasteiger partial charge is 0.366 e. The number of primary amides is 1. The van der Waals surface area contributed by atoms with Gasteiger partial charge in [-0.3, -0.25) is 9.59 Å². The SMILES string of the molecule is C=CC(=O)NCCS(N)(=O)=O.C=CC(N)=O. The summed E-state index contributed by atoms with van der Waals surface area (Å²) >= 11 is 0. The number of amides is 2. The third-order valence-electron chi connectivity index (χ3n) is 1.07. The minimum Gasteiger partial charge on any atom is -0.366 e. The molecule has 0 aromatic carbocycles. The van der Waals surface area contributed by atoms with Gasteiger partial charge in [-0.15, -0.1) is 0 Å². The zero-order chi connectivity index (χ0) is 13.2. The molecule has 0 radical (unpaired) electrons. The highest BCUT2D eigenvalue weighted by Gasteiger charge is 2.01. The normalized spacial score (nSPS) is 9.31. The van der Waals surface area contributed by atoms with E-state index in [1.165, 1.54) is 0 Å². The van der Waals surface area contributed by atoms with Crippen molar-refractivity contribution in [1.29, 1.82) is 0 Å². The molecule has 0 aliphatic heterocycles. The molecule has 0 aliphatic rings. The van der Waals surface area contributed by atoms with E-state index >= 15 is 0 Å². The minimum atomic E-state index is -3.48. The lowest BCUT2D eigenvalue weighted by molar-refractivity contribution is -0.116. The molecular formula is C8H15N3O4S. The van der Waals surface area contributed by atoms with E-state index in [0.717, 1.165) is 12.2 Å². The first-order valence-corrected chi connectivity index (χ1v) is 5.77. The molecule has 16 heavy (non-hydrogen) atoms. The van der Waals surface area contributed by atoms with Gasteiger partial charge in [0.1, 0.15) is 0 Å². The molecule has 0 saturated heterocycles. The van der Waals surface area contributed by atoms with Crippen LogP contribution in [-0.2, 0) is 19.6 Å². The van der Waals surface area contributed by atoms with Gasteiger partial charge in [0, 0.05) is 6.54 Å². The van der Waals surface area contributed by atoms with Crippen molar-refractivity contribution in [2.75, 3.05) is 12.3 Å². The van der Waals surface area contributed by atoms with Crippen molar-refractivity contribution in [3.8, 4) is 0 Å². The van der Waals surface area contributed by atoms with Gasteiger partial charge in [-0.2, -0.15) is 0 Å². The number of hydrogen-bond donors (Lipinski definition) is 3. The molecular weight excluding hydrogens is 234 g/mol. The number of carbonyl (C=O) groups is 2. The molecule has 0 fully saturated rings. The molecule has 5 N–H and O–H groups in total. The Bertz CT molecular complexity index is 361. The van der Waals surface area contributed by atoms with Crippen LogP contribution in [0.3, 0.4) is 0 Å². The minimum absolute atomic E-state index is 0.0175. The van der Waals surface area contributed by atoms with Crippen molar-refractivity contribution in [3.05, 3.63) is 25.3 Å². The standard InChI is InChI=1S/C5H10N2O3S.C3H5NO/c1-2-5(8)7-3-4-11(6,9)10;1-2-3(4)5/h2H,1,3-4H2,(H,7,8)(H2,6,9,10);2H,1H2,(H2,4,5). The Morgan fingerprint density at radius 2 is 1.69 bits per heavy atom. The van der Waals surface area contributed by atoms with Crippen molar-refractivity contribution in [3.63, 3.8) is 0 Å². The Labute approximate surface area is 94.2 Å². The van der Waals surface area contributed by atoms with Crippen LogP contribution in [-0.4, -0.2) is 32.5 Å². The summed E-state index contributed by atoms with van der Waals surface area (Å²) in [7, 11) is -3.48. The van der Waals surface area contributed by atoms with E-state index in [2.05, 4.69) is 29.3 Å². The van der Waals surface area contributed by atoms with Gasteiger partial charge in [0.05, 0.1) is 5.75 Å². The predicted octanol–water partition coefficient (Wildman–Crippen LogP) is -1.77. The van der Waals surface area contributed by atoms with Crippen LogP contribution in [0.1, 0.15) is 0 Å². The molecule has 8 heteroatoms. The number of primary sulfonamides is 1. The highest BCUT2D eigenvalue weighted by molar-refractivity contribution is 7.89. The van der Waals surface area contributed by atoms with E-state index in [1.807, 2.05) is 0 Å². The highest BCUT2D eigenvalue weighted by atomic mass is 32.2. The maximum atomic E-state index is 10.4. The van der Waals surface area contributed by atoms with Crippen LogP contribution < -0.4 is 16.2 Å². The molecule has 92 valence electrons. The zero-order valence-electron chi connectivity index (χ0n) is 8.68. The van der Waals surface area contributed by atoms with Gasteiger partial charge in [-0.1, -0.05) is 13.2 Å². The van der Waals surface area contributed by atoms with E-state index in [-0.39, 0.29) is 12.3 Å². The van der Waals surface area contributed by atoms with Crippen LogP contribution in [0.5, 0.6) is 0 Å². The molecule has 0 aromatic heterocycles. The Morgan fingerprint density at radius 3 is 1.94 bits per heavy atom. The van der Waals surface area contributed by atoms with Gasteiger partial charge in [-0.25, -0.2) is 13.6 Å². The first kappa shape index (κ1) is 16.7. The summed E-state index contributed by atoms with van der Waals surface area (Å²) in [5, 5.41) is 6.93. The molecule has 0 saturated carbocycles. The predicted molar refractivity (Wildman–Crippen MR) is 60.6 cm³/mol. The van der Waals surface area contributed by atoms with Crippen LogP contribution in [0.2, 0.25) is 0 Å². The third kappa shape index (κ3) is 18.2. The van der Waals surface area contributed by atoms with Gasteiger partial charge in [0.15, 0.2) is 0 Å². The lowest BCUT2D eigenvalue weighted by Gasteiger charge is -1.98. The summed E-state index contributed by atoms with van der Waals surface area (Å²) in [6.45, 7) is 6.29. The number of hydrogen-bond acceptors (Lipinski definition) is 4. The molecule has 0 bridgehead atoms. The molecule has 0 spiro atoms. The topological polar surface area (TPSA) is 132 Å². The second kappa shape index (κ2) is 8.62. The first-order valence-electron chi connectivity index (χ1n) is 4.05. The van der Waals surface area contributed by atoms with Gasteiger partial charge < -0.3 is 11.1 Å². The monoisotopic (exact) mass is 249 g/mol. The van der Waals surface area contributed by atoms with Gasteiger partial charge in [0.2, 0.25) is 21.8 Å². The number of carbonyl (C=O) groups excluding carboxylic acids is 2. The van der Waals surface area contributed by atoms with Crippen molar-refractivity contribution in [1.82, 2.24) is 5.32 Å². The summed E-state index contributed by atoms with van der Waals surface area (Å²) in [6, 6.07) is 0. The maximum Gasteiger partial charge on any atom is 0.243 e. The lowest BCUT2D eigenvalue weighted by Crippen LogP contribution is -2.30. The van der Waals surface area contributed by atoms with Crippen LogP contribution >= 0.6 is 0 Å². The second-order valence-electron chi connectivity index (χ2n) is 2.47. The quantitative estimate of drug-likeness (QED) is 0.497. The van der Waals surface area contributed by atoms with Crippen LogP contribution in [0.25, 0.3) is 0 Å². The summed E-state index contributed by atoms with van der Waals surface area (Å²) in [6.07, 6.45) is 2.11. The Balaban J connectivity index is 0. The summed E-state index contributed by atoms with van der Waals surface area (Å²) in [5.41, 5.74) is 4.53. The zero-order valence-corrected chi connectivity index (χ0v) is 9.50. The van der Waals surface area contributed by atoms with Crippen LogP contribution in [0.4, 0.5) is 0 Å². The number of sulfonamides is 1. The fourth-order valence-corrected chi connectivity index (χ4v) is 0.775. The van der Waals surface area contributed by atoms with Crippen molar-refractivity contribution < 1.29 is 18.0 Å². The summed E-state index contributed by atoms with van der Waals surface area (Å²) in [4.78, 5) is 19.9. The maximum absolute atomic E-state index is 10.4. The molecule has 0 aromatic rings. The van der Waals surface area contributed by atoms with E-state index in [4.69, 9.17) is 0 Å². The Kier molecular flexibility index (Phi) is 9.03. The fraction of sp³-hybridized carbons (Fsp3) is 0.250. The molecule has 0 rings (SSSR count). The van der Waals surface area contributed by atoms with Gasteiger partial charge in [-0.05, 0) is 12.2 Å². The lowest BCUT2D eigenvalue weighted by atomic mass is 10.6. The average Bonchev–Trinajstić information content (AvgIpc) is 2.16. The molecule has 0 unspecified atom stereocenters. The number of nitrogens with two attached hydrogens (primary N) is 2. The third-order valence-corrected chi connectivity index (χ3v) is 1.85. The van der Waals surface area contributed by atoms with E-state index in [0.29, 0.717) is 0 Å². The van der Waals surface area contributed by atoms with Crippen LogP contribution in [0, 0.1) is 0 Å². The average molecular weight is 249 g/mol. The molecule has 0 aliphatic carbocycles. The number of rotatable bonds is 5. The first-order chi connectivity index (χ1) is 7.22. The molecule has 0 atom stereocenters. The highest BCUT2D eigenvalue weighted by Crippen LogP contribution is 1.74. The summed E-state index contributed by atoms with van der Waals surface area (Å²) < 4.78 is 20.6. The van der Waals surface area contributed by atoms with Gasteiger partial charge >= 0.3 is 0 Å². The van der Waals surface area contributed by atoms with Crippen molar-refractivity contribution >= 4 is 21.8 Å². The number of nitrogens with one attached hydrogen (secondary N) is 1. The molecule has 0 heterocycles. The van der Waals surface area contributed by atoms with Crippen LogP contribution in [0.15, 0.2) is 25.3 Å². The summed E-state index contributed by atoms with van der Waals surface area (Å²) in [5.74, 6) is -1.15. The Morgan fingerprint density at radius 1 is 1.25 bits per heavy atom. The van der Waals surface area contributed by atoms with Crippen molar-refractivity contribution in [2.24, 2.45) is 10.9 Å². The fourth-order valence-electron chi connectivity index (χ4n) is 0.389. The molecule has 2 amide bonds. The van der Waals surface area contributed by atoms with Crippen molar-refractivity contribution in [2.45, 2.75) is 0 Å².